The number of hydrogen-bond acceptors (Lipinski definition) is 2. The zero-order valence-electron chi connectivity index (χ0n) is 8.21. The van der Waals surface area contributed by atoms with Gasteiger partial charge in [-0.15, -0.1) is 0 Å². The lowest BCUT2D eigenvalue weighted by atomic mass is 10.5. The van der Waals surface area contributed by atoms with Crippen LogP contribution in [0.25, 0.3) is 0 Å². The van der Waals surface area contributed by atoms with Crippen molar-refractivity contribution >= 4 is 5.97 Å². The van der Waals surface area contributed by atoms with Crippen molar-refractivity contribution in [3.8, 4) is 0 Å². The molecule has 0 amide bonds. The molecule has 0 aliphatic rings. The van der Waals surface area contributed by atoms with E-state index in [-0.39, 0.29) is 18.2 Å². The van der Waals surface area contributed by atoms with Gasteiger partial charge in [0.1, 0.15) is 13.2 Å². The molecule has 4 nitrogen and oxygen atoms in total. The number of quaternary nitrogens is 1. The Kier molecular flexibility index (Phi) is 6.62. The van der Waals surface area contributed by atoms with E-state index < -0.39 is 5.97 Å². The van der Waals surface area contributed by atoms with Crippen molar-refractivity contribution in [3.05, 3.63) is 12.3 Å². The highest BCUT2D eigenvalue weighted by Gasteiger charge is 2.09. The van der Waals surface area contributed by atoms with E-state index in [1.807, 2.05) is 21.1 Å². The number of aliphatic carboxylic acids is 1. The summed E-state index contributed by atoms with van der Waals surface area (Å²) in [5.41, 5.74) is 0. The topological polar surface area (TPSA) is 46.5 Å². The van der Waals surface area contributed by atoms with Gasteiger partial charge in [-0.05, 0) is 6.58 Å². The van der Waals surface area contributed by atoms with Gasteiger partial charge in [0.05, 0.1) is 21.1 Å². The average Bonchev–Trinajstić information content (AvgIpc) is 1.84. The predicted octanol–water partition coefficient (Wildman–Crippen LogP) is -2.69. The summed E-state index contributed by atoms with van der Waals surface area (Å²) in [5.74, 6) is -1.29. The number of rotatable bonds is 5. The summed E-state index contributed by atoms with van der Waals surface area (Å²) in [4.78, 5) is 10.2. The van der Waals surface area contributed by atoms with Crippen LogP contribution in [0, 0.1) is 0 Å². The van der Waals surface area contributed by atoms with Gasteiger partial charge in [0.15, 0.2) is 5.76 Å². The largest absolute Gasteiger partial charge is 1.00 e. The van der Waals surface area contributed by atoms with Gasteiger partial charge in [0.2, 0.25) is 0 Å². The van der Waals surface area contributed by atoms with Crippen molar-refractivity contribution < 1.29 is 31.5 Å². The first-order chi connectivity index (χ1) is 5.33. The molecule has 0 aromatic heterocycles. The van der Waals surface area contributed by atoms with E-state index in [1.165, 1.54) is 0 Å². The predicted molar refractivity (Wildman–Crippen MR) is 45.6 cm³/mol. The molecule has 0 aliphatic carbocycles. The second-order valence-corrected chi connectivity index (χ2v) is 3.59. The van der Waals surface area contributed by atoms with Gasteiger partial charge in [-0.2, -0.15) is 0 Å². The van der Waals surface area contributed by atoms with Gasteiger partial charge in [0, 0.05) is 0 Å². The number of likely N-dealkylation sites (N-methyl/N-ethyl adjacent to an activating group) is 1. The molecular weight excluding hydrogens is 194 g/mol. The number of carboxylic acids is 1. The van der Waals surface area contributed by atoms with Gasteiger partial charge in [-0.25, -0.2) is 4.79 Å². The number of hydrogen-bond donors (Lipinski definition) is 1. The number of carbonyl (C=O) groups is 1. The fourth-order valence-electron chi connectivity index (χ4n) is 0.504. The van der Waals surface area contributed by atoms with Crippen molar-refractivity contribution in [2.75, 3.05) is 34.3 Å². The lowest BCUT2D eigenvalue weighted by Gasteiger charge is -2.23. The minimum atomic E-state index is -1.10. The van der Waals surface area contributed by atoms with Crippen LogP contribution in [-0.4, -0.2) is 49.9 Å². The van der Waals surface area contributed by atoms with E-state index in [1.54, 1.807) is 0 Å². The van der Waals surface area contributed by atoms with Gasteiger partial charge in [-0.1, -0.05) is 0 Å². The summed E-state index contributed by atoms with van der Waals surface area (Å²) in [7, 11) is 6.02. The lowest BCUT2D eigenvalue weighted by molar-refractivity contribution is -0.870. The summed E-state index contributed by atoms with van der Waals surface area (Å²) in [6.07, 6.45) is 0. The molecule has 1 N–H and O–H groups in total. The van der Waals surface area contributed by atoms with E-state index in [0.717, 1.165) is 11.0 Å². The fourth-order valence-corrected chi connectivity index (χ4v) is 0.504. The third-order valence-corrected chi connectivity index (χ3v) is 1.28. The van der Waals surface area contributed by atoms with Crippen molar-refractivity contribution in [2.24, 2.45) is 0 Å². The van der Waals surface area contributed by atoms with Crippen LogP contribution >= 0.6 is 0 Å². The van der Waals surface area contributed by atoms with Crippen molar-refractivity contribution in [2.45, 2.75) is 0 Å². The smallest absolute Gasteiger partial charge is 0.370 e. The molecule has 0 aromatic rings. The van der Waals surface area contributed by atoms with E-state index in [2.05, 4.69) is 6.58 Å². The highest BCUT2D eigenvalue weighted by atomic mass is 35.5. The van der Waals surface area contributed by atoms with E-state index in [4.69, 9.17) is 9.84 Å². The Hall–Kier alpha value is -0.740. The first-order valence-electron chi connectivity index (χ1n) is 3.68. The molecule has 0 aromatic carbocycles. The lowest BCUT2D eigenvalue weighted by Crippen LogP contribution is -3.00. The number of nitrogens with zero attached hydrogens (tertiary/aromatic N) is 1. The Bertz CT molecular complexity index is 186. The van der Waals surface area contributed by atoms with Crippen LogP contribution in [0.3, 0.4) is 0 Å². The monoisotopic (exact) mass is 209 g/mol. The van der Waals surface area contributed by atoms with Crippen LogP contribution in [-0.2, 0) is 9.53 Å². The molecular formula is C8H16ClNO3. The third kappa shape index (κ3) is 9.17. The molecule has 0 saturated carbocycles. The van der Waals surface area contributed by atoms with E-state index in [0.29, 0.717) is 6.61 Å². The third-order valence-electron chi connectivity index (χ3n) is 1.28. The molecule has 0 heterocycles. The number of ether oxygens (including phenoxy) is 1. The fraction of sp³-hybridized carbons (Fsp3) is 0.625. The standard InChI is InChI=1S/C8H15NO3.ClH/c1-7(8(10)11)12-6-5-9(2,3)4;/h1,5-6H2,2-4H3;1H. The first kappa shape index (κ1) is 14.8. The minimum Gasteiger partial charge on any atom is -1.00 e. The highest BCUT2D eigenvalue weighted by molar-refractivity contribution is 5.83. The molecule has 0 unspecified atom stereocenters. The van der Waals surface area contributed by atoms with Crippen LogP contribution in [0.5, 0.6) is 0 Å². The normalized spacial score (nSPS) is 10.1. The molecule has 0 saturated heterocycles. The number of carboxylic acid groups (broad SMARTS) is 1. The summed E-state index contributed by atoms with van der Waals surface area (Å²) < 4.78 is 5.61. The van der Waals surface area contributed by atoms with Crippen LogP contribution in [0.2, 0.25) is 0 Å². The Balaban J connectivity index is 0. The Morgan fingerprint density at radius 3 is 2.23 bits per heavy atom. The second-order valence-electron chi connectivity index (χ2n) is 3.59. The summed E-state index contributed by atoms with van der Waals surface area (Å²) in [6.45, 7) is 4.38. The van der Waals surface area contributed by atoms with Gasteiger partial charge in [-0.3, -0.25) is 0 Å². The van der Waals surface area contributed by atoms with Crippen molar-refractivity contribution in [1.82, 2.24) is 0 Å². The van der Waals surface area contributed by atoms with Crippen LogP contribution in [0.1, 0.15) is 0 Å². The average molecular weight is 210 g/mol. The minimum absolute atomic E-state index is 0. The molecule has 0 rings (SSSR count). The Morgan fingerprint density at radius 2 is 1.92 bits per heavy atom. The zero-order chi connectivity index (χ0) is 9.78. The quantitative estimate of drug-likeness (QED) is 0.305. The molecule has 0 fully saturated rings. The second kappa shape index (κ2) is 5.83. The summed E-state index contributed by atoms with van der Waals surface area (Å²) in [6, 6.07) is 0. The Morgan fingerprint density at radius 1 is 1.46 bits per heavy atom. The van der Waals surface area contributed by atoms with Crippen LogP contribution in [0.4, 0.5) is 0 Å². The van der Waals surface area contributed by atoms with Crippen molar-refractivity contribution in [1.29, 1.82) is 0 Å². The molecule has 0 atom stereocenters. The van der Waals surface area contributed by atoms with Gasteiger partial charge >= 0.3 is 5.97 Å². The van der Waals surface area contributed by atoms with Crippen LogP contribution < -0.4 is 12.4 Å². The highest BCUT2D eigenvalue weighted by Crippen LogP contribution is 1.95. The number of halogens is 1. The molecule has 0 bridgehead atoms. The maximum Gasteiger partial charge on any atom is 0.370 e. The summed E-state index contributed by atoms with van der Waals surface area (Å²) in [5, 5.41) is 8.38. The van der Waals surface area contributed by atoms with E-state index in [9.17, 15) is 4.79 Å². The molecule has 0 aliphatic heterocycles. The van der Waals surface area contributed by atoms with Crippen molar-refractivity contribution in [3.63, 3.8) is 0 Å². The van der Waals surface area contributed by atoms with Gasteiger partial charge < -0.3 is 26.7 Å². The van der Waals surface area contributed by atoms with Crippen LogP contribution in [0.15, 0.2) is 12.3 Å². The molecule has 0 spiro atoms. The molecule has 5 heteroatoms. The molecule has 13 heavy (non-hydrogen) atoms. The van der Waals surface area contributed by atoms with Gasteiger partial charge in [0.25, 0.3) is 0 Å². The maximum atomic E-state index is 10.2. The zero-order valence-corrected chi connectivity index (χ0v) is 8.97. The SMILES string of the molecule is C=C(OCC[N+](C)(C)C)C(=O)O.[Cl-]. The van der Waals surface area contributed by atoms with E-state index >= 15 is 0 Å². The summed E-state index contributed by atoms with van der Waals surface area (Å²) >= 11 is 0. The molecule has 0 radical (unpaired) electrons. The maximum absolute atomic E-state index is 10.2. The first-order valence-corrected chi connectivity index (χ1v) is 3.68. The molecule has 78 valence electrons. The Labute approximate surface area is 84.8 Å².